The number of phenolic OH excluding ortho intramolecular Hbond substituents is 1. The van der Waals surface area contributed by atoms with Gasteiger partial charge in [-0.1, -0.05) is 44.0 Å². The molecule has 0 spiro atoms. The predicted octanol–water partition coefficient (Wildman–Crippen LogP) is 4.33. The molecule has 1 fully saturated rings. The Morgan fingerprint density at radius 3 is 2.23 bits per heavy atom. The van der Waals surface area contributed by atoms with E-state index in [1.807, 2.05) is 33.9 Å². The molecule has 1 saturated heterocycles. The monoisotopic (exact) mass is 659 g/mol. The van der Waals surface area contributed by atoms with Gasteiger partial charge in [0.1, 0.15) is 31.6 Å². The van der Waals surface area contributed by atoms with Crippen LogP contribution in [0.5, 0.6) is 28.7 Å². The number of likely N-dealkylation sites (N-methyl/N-ethyl adjacent to an activating group) is 1. The standard InChI is InChI=1S/C37H49N5O6/c1-10-13-46-34-23(6)35(47-14-11-2)36(48-15-12-3)30-26(34)17-27-31(29-21(4)16-22(5)33(45-9)32(29)43)41(8)20-25(18-38)42(27)28(30)19-40-37(44)24(7)39/h10-12,16,24-25,27-28,31,43H,1-3,13-15,17,19-20,39H2,4-9H3,(H,40,44)/t24-,25-,27?,28-,31-/m0/s1. The second-order valence-electron chi connectivity index (χ2n) is 12.4. The number of fused-ring (bicyclic) bond motifs is 2. The maximum Gasteiger partial charge on any atom is 0.236 e. The van der Waals surface area contributed by atoms with Gasteiger partial charge in [-0.05, 0) is 52.3 Å². The molecule has 4 rings (SSSR count). The zero-order valence-corrected chi connectivity index (χ0v) is 29.0. The summed E-state index contributed by atoms with van der Waals surface area (Å²) in [5, 5.41) is 25.4. The Morgan fingerprint density at radius 1 is 1.06 bits per heavy atom. The summed E-state index contributed by atoms with van der Waals surface area (Å²) in [5.41, 5.74) is 10.7. The van der Waals surface area contributed by atoms with Gasteiger partial charge in [-0.3, -0.25) is 14.6 Å². The number of carbonyl (C=O) groups excluding carboxylic acids is 1. The van der Waals surface area contributed by atoms with Crippen molar-refractivity contribution in [2.24, 2.45) is 5.73 Å². The van der Waals surface area contributed by atoms with Gasteiger partial charge in [0.2, 0.25) is 5.91 Å². The molecule has 258 valence electrons. The quantitative estimate of drug-likeness (QED) is 0.251. The minimum atomic E-state index is -0.747. The number of hydrogen-bond acceptors (Lipinski definition) is 10. The summed E-state index contributed by atoms with van der Waals surface area (Å²) in [6.45, 7) is 20.1. The van der Waals surface area contributed by atoms with Crippen LogP contribution in [0.3, 0.4) is 0 Å². The molecule has 0 radical (unpaired) electrons. The number of nitrogens with two attached hydrogens (primary N) is 1. The van der Waals surface area contributed by atoms with Crippen molar-refractivity contribution in [3.63, 3.8) is 0 Å². The molecule has 4 N–H and O–H groups in total. The highest BCUT2D eigenvalue weighted by atomic mass is 16.5. The Balaban J connectivity index is 2.09. The van der Waals surface area contributed by atoms with E-state index in [9.17, 15) is 15.2 Å². The number of aryl methyl sites for hydroxylation is 2. The summed E-state index contributed by atoms with van der Waals surface area (Å²) in [5.74, 6) is 1.72. The van der Waals surface area contributed by atoms with Crippen LogP contribution in [0.4, 0.5) is 0 Å². The van der Waals surface area contributed by atoms with E-state index in [0.29, 0.717) is 41.5 Å². The molecule has 2 aliphatic heterocycles. The Hall–Kier alpha value is -4.50. The van der Waals surface area contributed by atoms with Crippen molar-refractivity contribution < 1.29 is 28.8 Å². The molecule has 0 aliphatic carbocycles. The van der Waals surface area contributed by atoms with E-state index in [2.05, 4.69) is 40.9 Å². The predicted molar refractivity (Wildman–Crippen MR) is 186 cm³/mol. The molecule has 0 bridgehead atoms. The van der Waals surface area contributed by atoms with Gasteiger partial charge in [0.15, 0.2) is 23.0 Å². The highest BCUT2D eigenvalue weighted by Gasteiger charge is 2.51. The van der Waals surface area contributed by atoms with Crippen molar-refractivity contribution in [3.05, 3.63) is 77.4 Å². The lowest BCUT2D eigenvalue weighted by atomic mass is 9.77. The Kier molecular flexibility index (Phi) is 11.8. The van der Waals surface area contributed by atoms with Crippen LogP contribution in [0.25, 0.3) is 0 Å². The lowest BCUT2D eigenvalue weighted by molar-refractivity contribution is -0.122. The topological polar surface area (TPSA) is 143 Å². The van der Waals surface area contributed by atoms with Gasteiger partial charge < -0.3 is 35.1 Å². The SMILES string of the molecule is C=CCOc1c(C)c(OCC=C)c(OCC=C)c2c1CC1[C@@H](c3c(C)cc(C)c(OC)c3O)N(C)C[C@H](C#N)N1[C@H]2CNC(=O)[C@H](C)N. The average Bonchev–Trinajstić information content (AvgIpc) is 3.05. The molecule has 2 aromatic carbocycles. The first kappa shape index (κ1) is 36.3. The number of ether oxygens (including phenoxy) is 4. The van der Waals surface area contributed by atoms with Crippen LogP contribution in [0.15, 0.2) is 44.0 Å². The van der Waals surface area contributed by atoms with Crippen molar-refractivity contribution in [2.75, 3.05) is 47.1 Å². The van der Waals surface area contributed by atoms with Crippen molar-refractivity contribution in [2.45, 2.75) is 64.3 Å². The van der Waals surface area contributed by atoms with Crippen LogP contribution < -0.4 is 30.0 Å². The van der Waals surface area contributed by atoms with E-state index in [4.69, 9.17) is 24.7 Å². The van der Waals surface area contributed by atoms with Crippen LogP contribution in [0.1, 0.15) is 52.4 Å². The van der Waals surface area contributed by atoms with Crippen molar-refractivity contribution in [3.8, 4) is 34.8 Å². The Labute approximate surface area is 284 Å². The van der Waals surface area contributed by atoms with Crippen LogP contribution in [0.2, 0.25) is 0 Å². The summed E-state index contributed by atoms with van der Waals surface area (Å²) in [4.78, 5) is 17.2. The highest BCUT2D eigenvalue weighted by Crippen LogP contribution is 2.55. The summed E-state index contributed by atoms with van der Waals surface area (Å²) in [7, 11) is 3.51. The van der Waals surface area contributed by atoms with Crippen LogP contribution in [0, 0.1) is 32.1 Å². The van der Waals surface area contributed by atoms with E-state index in [0.717, 1.165) is 27.8 Å². The molecular weight excluding hydrogens is 610 g/mol. The maximum atomic E-state index is 13.0. The fourth-order valence-corrected chi connectivity index (χ4v) is 7.25. The Bertz CT molecular complexity index is 1600. The van der Waals surface area contributed by atoms with E-state index in [1.165, 1.54) is 0 Å². The number of nitrogens with one attached hydrogen (secondary N) is 1. The summed E-state index contributed by atoms with van der Waals surface area (Å²) < 4.78 is 24.7. The highest BCUT2D eigenvalue weighted by molar-refractivity contribution is 5.81. The number of nitrogens with zero attached hydrogens (tertiary/aromatic N) is 3. The van der Waals surface area contributed by atoms with Crippen molar-refractivity contribution in [1.29, 1.82) is 5.26 Å². The van der Waals surface area contributed by atoms with Gasteiger partial charge in [0, 0.05) is 41.4 Å². The third-order valence-electron chi connectivity index (χ3n) is 9.14. The summed E-state index contributed by atoms with van der Waals surface area (Å²) >= 11 is 0. The molecule has 1 unspecified atom stereocenters. The second kappa shape index (κ2) is 15.6. The number of benzene rings is 2. The zero-order chi connectivity index (χ0) is 35.3. The van der Waals surface area contributed by atoms with Gasteiger partial charge in [-0.25, -0.2) is 0 Å². The fraction of sp³-hybridized carbons (Fsp3) is 0.459. The van der Waals surface area contributed by atoms with E-state index in [1.54, 1.807) is 32.3 Å². The van der Waals surface area contributed by atoms with Crippen LogP contribution >= 0.6 is 0 Å². The van der Waals surface area contributed by atoms with Gasteiger partial charge >= 0.3 is 0 Å². The molecule has 1 amide bonds. The molecule has 2 heterocycles. The third kappa shape index (κ3) is 6.74. The number of piperazine rings is 1. The molecule has 0 saturated carbocycles. The first-order valence-corrected chi connectivity index (χ1v) is 16.1. The number of nitriles is 1. The number of phenols is 1. The molecular formula is C37H49N5O6. The molecule has 5 atom stereocenters. The molecule has 48 heavy (non-hydrogen) atoms. The summed E-state index contributed by atoms with van der Waals surface area (Å²) in [6, 6.07) is 1.90. The van der Waals surface area contributed by atoms with E-state index in [-0.39, 0.29) is 50.1 Å². The Morgan fingerprint density at radius 2 is 1.67 bits per heavy atom. The smallest absolute Gasteiger partial charge is 0.236 e. The van der Waals surface area contributed by atoms with Crippen molar-refractivity contribution >= 4 is 5.91 Å². The number of hydrogen-bond donors (Lipinski definition) is 3. The first-order valence-electron chi connectivity index (χ1n) is 16.1. The second-order valence-corrected chi connectivity index (χ2v) is 12.4. The number of carbonyl (C=O) groups is 1. The van der Waals surface area contributed by atoms with Gasteiger partial charge in [0.05, 0.1) is 31.3 Å². The van der Waals surface area contributed by atoms with Crippen LogP contribution in [-0.4, -0.2) is 86.0 Å². The van der Waals surface area contributed by atoms with Crippen LogP contribution in [-0.2, 0) is 11.2 Å². The minimum absolute atomic E-state index is 0.0669. The maximum absolute atomic E-state index is 13.0. The third-order valence-corrected chi connectivity index (χ3v) is 9.14. The molecule has 0 aromatic heterocycles. The number of methoxy groups -OCH3 is 1. The lowest BCUT2D eigenvalue weighted by Crippen LogP contribution is -2.63. The molecule has 11 heteroatoms. The summed E-state index contributed by atoms with van der Waals surface area (Å²) in [6.07, 6.45) is 5.41. The van der Waals surface area contributed by atoms with Gasteiger partial charge in [-0.2, -0.15) is 5.26 Å². The first-order chi connectivity index (χ1) is 23.0. The number of amides is 1. The zero-order valence-electron chi connectivity index (χ0n) is 29.0. The number of aromatic hydroxyl groups is 1. The van der Waals surface area contributed by atoms with Gasteiger partial charge in [-0.15, -0.1) is 0 Å². The molecule has 2 aromatic rings. The van der Waals surface area contributed by atoms with Crippen molar-refractivity contribution in [1.82, 2.24) is 15.1 Å². The fourth-order valence-electron chi connectivity index (χ4n) is 7.25. The average molecular weight is 660 g/mol. The largest absolute Gasteiger partial charge is 0.504 e. The van der Waals surface area contributed by atoms with Gasteiger partial charge in [0.25, 0.3) is 0 Å². The van der Waals surface area contributed by atoms with E-state index < -0.39 is 18.1 Å². The molecule has 2 aliphatic rings. The van der Waals surface area contributed by atoms with E-state index >= 15 is 0 Å². The lowest BCUT2D eigenvalue weighted by Gasteiger charge is -2.55. The number of rotatable bonds is 14. The minimum Gasteiger partial charge on any atom is -0.504 e. The molecule has 11 nitrogen and oxygen atoms in total. The normalized spacial score (nSPS) is 21.1.